The van der Waals surface area contributed by atoms with E-state index in [0.717, 1.165) is 23.1 Å². The normalized spacial score (nSPS) is 19.7. The van der Waals surface area contributed by atoms with Gasteiger partial charge in [-0.1, -0.05) is 49.8 Å². The number of aromatic hydroxyl groups is 1. The van der Waals surface area contributed by atoms with Crippen LogP contribution < -0.4 is 5.32 Å². The van der Waals surface area contributed by atoms with Gasteiger partial charge < -0.3 is 10.4 Å². The Morgan fingerprint density at radius 1 is 1.17 bits per heavy atom. The molecule has 1 aliphatic rings. The van der Waals surface area contributed by atoms with Crippen LogP contribution in [0.15, 0.2) is 82.9 Å². The van der Waals surface area contributed by atoms with E-state index in [4.69, 9.17) is 5.48 Å². The van der Waals surface area contributed by atoms with Crippen molar-refractivity contribution in [2.75, 3.05) is 5.32 Å². The predicted octanol–water partition coefficient (Wildman–Crippen LogP) is 6.04. The molecule has 1 aliphatic carbocycles. The number of ketones is 1. The number of phenolic OH excluding ortho intramolecular Hbond substituents is 1. The van der Waals surface area contributed by atoms with Gasteiger partial charge in [0.15, 0.2) is 5.78 Å². The average molecular weight is 410 g/mol. The molecule has 1 aromatic rings. The number of anilines is 1. The van der Waals surface area contributed by atoms with E-state index in [1.54, 1.807) is 19.1 Å². The summed E-state index contributed by atoms with van der Waals surface area (Å²) in [7, 11) is 0. The average Bonchev–Trinajstić information content (AvgIpc) is 2.76. The lowest BCUT2D eigenvalue weighted by molar-refractivity contribution is -0.116. The van der Waals surface area contributed by atoms with Gasteiger partial charge in [0.1, 0.15) is 5.75 Å². The fourth-order valence-corrected chi connectivity index (χ4v) is 3.16. The molecule has 0 aromatic heterocycles. The highest BCUT2D eigenvalue weighted by Crippen LogP contribution is 2.39. The zero-order valence-corrected chi connectivity index (χ0v) is 18.1. The van der Waals surface area contributed by atoms with Crippen LogP contribution in [-0.2, 0) is 9.59 Å². The first-order valence-corrected chi connectivity index (χ1v) is 9.82. The van der Waals surface area contributed by atoms with Gasteiger partial charge in [-0.05, 0) is 73.5 Å². The third kappa shape index (κ3) is 6.73. The lowest BCUT2D eigenvalue weighted by atomic mass is 9.72. The largest absolute Gasteiger partial charge is 0.508 e. The summed E-state index contributed by atoms with van der Waals surface area (Å²) in [4.78, 5) is 24.4. The summed E-state index contributed by atoms with van der Waals surface area (Å²) >= 11 is 0. The van der Waals surface area contributed by atoms with Crippen LogP contribution in [0.1, 0.15) is 52.9 Å². The second-order valence-corrected chi connectivity index (χ2v) is 8.05. The van der Waals surface area contributed by atoms with Crippen molar-refractivity contribution in [3.63, 3.8) is 0 Å². The summed E-state index contributed by atoms with van der Waals surface area (Å²) < 4.78 is 30.9. The number of Topliss-reactive ketones (excluding diaryl/α,β-unsaturated/α-hetero) is 1. The molecule has 2 rings (SSSR count). The van der Waals surface area contributed by atoms with Crippen molar-refractivity contribution in [1.29, 1.82) is 0 Å². The van der Waals surface area contributed by atoms with Crippen LogP contribution in [-0.4, -0.2) is 16.8 Å². The Bertz CT molecular complexity index is 1140. The maximum atomic E-state index is 12.3. The molecule has 0 atom stereocenters. The second-order valence-electron chi connectivity index (χ2n) is 8.05. The summed E-state index contributed by atoms with van der Waals surface area (Å²) in [5.74, 6) is -1.18. The van der Waals surface area contributed by atoms with Gasteiger partial charge in [-0.25, -0.2) is 0 Å². The summed E-state index contributed by atoms with van der Waals surface area (Å²) in [6.45, 7) is 9.81. The molecule has 0 bridgehead atoms. The van der Waals surface area contributed by atoms with Crippen LogP contribution in [0.4, 0.5) is 5.69 Å². The Labute approximate surface area is 185 Å². The highest BCUT2D eigenvalue weighted by atomic mass is 16.3. The summed E-state index contributed by atoms with van der Waals surface area (Å²) in [6, 6.07) is -2.27. The van der Waals surface area contributed by atoms with Crippen LogP contribution in [0.3, 0.4) is 0 Å². The third-order valence-electron chi connectivity index (χ3n) is 4.98. The molecule has 0 unspecified atom stereocenters. The van der Waals surface area contributed by atoms with Gasteiger partial charge in [-0.3, -0.25) is 9.59 Å². The molecular formula is C26H31NO3. The number of allylic oxidation sites excluding steroid dienone is 9. The predicted molar refractivity (Wildman–Crippen MR) is 123 cm³/mol. The smallest absolute Gasteiger partial charge is 0.248 e. The van der Waals surface area contributed by atoms with Crippen molar-refractivity contribution < 1.29 is 20.2 Å². The van der Waals surface area contributed by atoms with Gasteiger partial charge in [0, 0.05) is 18.2 Å². The maximum absolute atomic E-state index is 12.3. The van der Waals surface area contributed by atoms with Gasteiger partial charge in [0.05, 0.1) is 5.48 Å². The molecule has 4 heteroatoms. The number of hydrogen-bond acceptors (Lipinski definition) is 3. The Balaban J connectivity index is 2.11. The molecular weight excluding hydrogens is 374 g/mol. The molecule has 30 heavy (non-hydrogen) atoms. The highest BCUT2D eigenvalue weighted by Gasteiger charge is 2.30. The minimum atomic E-state index is -0.760. The molecule has 0 saturated carbocycles. The molecule has 1 aromatic carbocycles. The number of nitrogens with one attached hydrogen (secondary N) is 1. The van der Waals surface area contributed by atoms with Crippen LogP contribution in [0.25, 0.3) is 0 Å². The van der Waals surface area contributed by atoms with Gasteiger partial charge in [-0.15, -0.1) is 0 Å². The molecule has 0 aliphatic heterocycles. The first-order valence-electron chi connectivity index (χ1n) is 11.8. The van der Waals surface area contributed by atoms with E-state index in [1.165, 1.54) is 6.08 Å². The monoisotopic (exact) mass is 409 g/mol. The van der Waals surface area contributed by atoms with Crippen LogP contribution in [0, 0.1) is 5.41 Å². The van der Waals surface area contributed by atoms with Crippen LogP contribution in [0.5, 0.6) is 5.75 Å². The molecule has 0 spiro atoms. The van der Waals surface area contributed by atoms with Gasteiger partial charge >= 0.3 is 0 Å². The molecule has 1 amide bonds. The molecule has 4 nitrogen and oxygen atoms in total. The summed E-state index contributed by atoms with van der Waals surface area (Å²) in [5, 5.41) is 12.0. The van der Waals surface area contributed by atoms with E-state index >= 15 is 0 Å². The minimum absolute atomic E-state index is 0.0475. The summed E-state index contributed by atoms with van der Waals surface area (Å²) in [5.41, 5.74) is 3.11. The summed E-state index contributed by atoms with van der Waals surface area (Å²) in [6.07, 6.45) is 12.0. The van der Waals surface area contributed by atoms with Crippen molar-refractivity contribution in [3.05, 3.63) is 82.9 Å². The molecule has 0 fully saturated rings. The van der Waals surface area contributed by atoms with Gasteiger partial charge in [0.2, 0.25) is 5.91 Å². The van der Waals surface area contributed by atoms with E-state index in [2.05, 4.69) is 19.2 Å². The number of carbonyl (C=O) groups excluding carboxylic acids is 2. The number of amides is 1. The fourth-order valence-electron chi connectivity index (χ4n) is 3.16. The lowest BCUT2D eigenvalue weighted by Gasteiger charge is -2.32. The first kappa shape index (κ1) is 17.7. The fraction of sp³-hybridized carbons (Fsp3) is 0.308. The maximum Gasteiger partial charge on any atom is 0.248 e. The van der Waals surface area contributed by atoms with Crippen molar-refractivity contribution >= 4 is 17.4 Å². The molecule has 0 radical (unpaired) electrons. The second kappa shape index (κ2) is 10.1. The number of phenols is 1. The third-order valence-corrected chi connectivity index (χ3v) is 4.98. The Morgan fingerprint density at radius 3 is 2.50 bits per heavy atom. The molecule has 0 saturated heterocycles. The lowest BCUT2D eigenvalue weighted by Crippen LogP contribution is -2.24. The van der Waals surface area contributed by atoms with Crippen molar-refractivity contribution in [2.24, 2.45) is 5.41 Å². The van der Waals surface area contributed by atoms with E-state index < -0.39 is 35.8 Å². The van der Waals surface area contributed by atoms with Crippen molar-refractivity contribution in [1.82, 2.24) is 0 Å². The zero-order valence-electron chi connectivity index (χ0n) is 22.1. The minimum Gasteiger partial charge on any atom is -0.508 e. The quantitative estimate of drug-likeness (QED) is 0.342. The molecule has 0 heterocycles. The molecule has 2 N–H and O–H groups in total. The number of benzene rings is 1. The van der Waals surface area contributed by atoms with E-state index in [1.807, 2.05) is 32.1 Å². The van der Waals surface area contributed by atoms with E-state index in [9.17, 15) is 14.7 Å². The topological polar surface area (TPSA) is 66.4 Å². The van der Waals surface area contributed by atoms with Crippen LogP contribution >= 0.6 is 0 Å². The van der Waals surface area contributed by atoms with Gasteiger partial charge in [-0.2, -0.15) is 0 Å². The van der Waals surface area contributed by atoms with E-state index in [0.29, 0.717) is 12.0 Å². The number of hydrogen-bond donors (Lipinski definition) is 2. The Hall–Kier alpha value is -3.14. The standard InChI is InChI=1S/C26H31NO3/c1-18(9-14-23-20(3)24(29)15-16-26(23,4)5)7-6-8-19(2)17-25(30)27-21-10-12-22(28)13-11-21/h6-14,17,28H,15-16H2,1-5H3,(H,27,30)/b8-6+,14-9+,18-7+,19-17+/i10D,11D,12D,13D. The van der Waals surface area contributed by atoms with Crippen molar-refractivity contribution in [3.8, 4) is 5.75 Å². The number of carbonyl (C=O) groups is 2. The van der Waals surface area contributed by atoms with Gasteiger partial charge in [0.25, 0.3) is 0 Å². The Kier molecular flexibility index (Phi) is 5.93. The van der Waals surface area contributed by atoms with E-state index in [-0.39, 0.29) is 16.9 Å². The van der Waals surface area contributed by atoms with Crippen LogP contribution in [0.2, 0.25) is 0 Å². The first-order chi connectivity index (χ1) is 15.8. The number of rotatable bonds is 6. The zero-order chi connectivity index (χ0) is 25.8. The van der Waals surface area contributed by atoms with Crippen molar-refractivity contribution in [2.45, 2.75) is 47.5 Å². The highest BCUT2D eigenvalue weighted by molar-refractivity contribution is 6.00. The SMILES string of the molecule is [2H]c1c([2H])c(NC(=O)/C=C(C)/C=C/C=C(C)/C=C/C2=C(C)C(=O)CCC2(C)C)c([2H])c([2H])c1O. The molecule has 158 valence electrons. The Morgan fingerprint density at radius 2 is 1.83 bits per heavy atom.